The lowest BCUT2D eigenvalue weighted by molar-refractivity contribution is 0.247. The van der Waals surface area contributed by atoms with Gasteiger partial charge in [0.15, 0.2) is 11.6 Å². The van der Waals surface area contributed by atoms with Gasteiger partial charge in [-0.15, -0.1) is 0 Å². The van der Waals surface area contributed by atoms with Gasteiger partial charge < -0.3 is 15.4 Å². The number of anilines is 1. The SMILES string of the molecule is Cc1cc(C)c(OCCNC(=O)Nc2ccc(F)c(F)c2)cc1C. The summed E-state index contributed by atoms with van der Waals surface area (Å²) in [5.41, 5.74) is 3.55. The quantitative estimate of drug-likeness (QED) is 0.809. The van der Waals surface area contributed by atoms with Crippen molar-refractivity contribution in [3.05, 3.63) is 58.7 Å². The number of carbonyl (C=O) groups excluding carboxylic acids is 1. The summed E-state index contributed by atoms with van der Waals surface area (Å²) in [7, 11) is 0. The second-order valence-electron chi connectivity index (χ2n) is 5.56. The summed E-state index contributed by atoms with van der Waals surface area (Å²) < 4.78 is 31.5. The van der Waals surface area contributed by atoms with E-state index in [1.807, 2.05) is 32.9 Å². The molecule has 0 bridgehead atoms. The molecule has 0 radical (unpaired) electrons. The third-order valence-electron chi connectivity index (χ3n) is 3.61. The fraction of sp³-hybridized carbons (Fsp3) is 0.278. The molecule has 2 aromatic carbocycles. The Morgan fingerprint density at radius 2 is 1.71 bits per heavy atom. The second kappa shape index (κ2) is 7.77. The van der Waals surface area contributed by atoms with Crippen LogP contribution < -0.4 is 15.4 Å². The molecule has 0 fully saturated rings. The summed E-state index contributed by atoms with van der Waals surface area (Å²) in [5, 5.41) is 5.01. The van der Waals surface area contributed by atoms with Crippen LogP contribution in [0.1, 0.15) is 16.7 Å². The smallest absolute Gasteiger partial charge is 0.319 e. The molecular formula is C18H20F2N2O2. The van der Waals surface area contributed by atoms with Gasteiger partial charge in [-0.2, -0.15) is 0 Å². The Morgan fingerprint density at radius 3 is 2.42 bits per heavy atom. The Bertz CT molecular complexity index is 748. The van der Waals surface area contributed by atoms with E-state index >= 15 is 0 Å². The largest absolute Gasteiger partial charge is 0.491 e. The Hall–Kier alpha value is -2.63. The van der Waals surface area contributed by atoms with E-state index in [0.29, 0.717) is 6.61 Å². The average Bonchev–Trinajstić information content (AvgIpc) is 2.52. The standard InChI is InChI=1S/C18H20F2N2O2/c1-11-8-13(3)17(9-12(11)2)24-7-6-21-18(23)22-14-4-5-15(19)16(20)10-14/h4-5,8-10H,6-7H2,1-3H3,(H2,21,22,23). The van der Waals surface area contributed by atoms with E-state index in [2.05, 4.69) is 10.6 Å². The zero-order valence-corrected chi connectivity index (χ0v) is 13.9. The van der Waals surface area contributed by atoms with Gasteiger partial charge in [-0.1, -0.05) is 6.07 Å². The molecule has 2 N–H and O–H groups in total. The number of ether oxygens (including phenoxy) is 1. The van der Waals surface area contributed by atoms with Crippen molar-refractivity contribution in [1.82, 2.24) is 5.32 Å². The van der Waals surface area contributed by atoms with Crippen LogP contribution in [0, 0.1) is 32.4 Å². The van der Waals surface area contributed by atoms with Gasteiger partial charge in [0.1, 0.15) is 12.4 Å². The second-order valence-corrected chi connectivity index (χ2v) is 5.56. The highest BCUT2D eigenvalue weighted by molar-refractivity contribution is 5.89. The van der Waals surface area contributed by atoms with E-state index in [-0.39, 0.29) is 12.2 Å². The van der Waals surface area contributed by atoms with E-state index < -0.39 is 17.7 Å². The predicted octanol–water partition coefficient (Wildman–Crippen LogP) is 4.09. The van der Waals surface area contributed by atoms with Crippen LogP contribution in [-0.4, -0.2) is 19.2 Å². The summed E-state index contributed by atoms with van der Waals surface area (Å²) in [6, 6.07) is 6.66. The van der Waals surface area contributed by atoms with E-state index in [9.17, 15) is 13.6 Å². The number of nitrogens with one attached hydrogen (secondary N) is 2. The van der Waals surface area contributed by atoms with Crippen LogP contribution in [0.25, 0.3) is 0 Å². The molecule has 2 rings (SSSR count). The van der Waals surface area contributed by atoms with E-state index in [1.54, 1.807) is 0 Å². The lowest BCUT2D eigenvalue weighted by Crippen LogP contribution is -2.32. The molecule has 0 aliphatic rings. The number of benzene rings is 2. The van der Waals surface area contributed by atoms with Gasteiger partial charge in [0.25, 0.3) is 0 Å². The number of hydrogen-bond donors (Lipinski definition) is 2. The van der Waals surface area contributed by atoms with Gasteiger partial charge >= 0.3 is 6.03 Å². The number of amides is 2. The highest BCUT2D eigenvalue weighted by Crippen LogP contribution is 2.22. The molecule has 128 valence electrons. The summed E-state index contributed by atoms with van der Waals surface area (Å²) in [6.07, 6.45) is 0. The maximum absolute atomic E-state index is 13.1. The third-order valence-corrected chi connectivity index (χ3v) is 3.61. The molecule has 0 aliphatic carbocycles. The van der Waals surface area contributed by atoms with Crippen molar-refractivity contribution in [3.63, 3.8) is 0 Å². The minimum Gasteiger partial charge on any atom is -0.491 e. The predicted molar refractivity (Wildman–Crippen MR) is 89.5 cm³/mol. The van der Waals surface area contributed by atoms with Gasteiger partial charge in [-0.05, 0) is 55.7 Å². The van der Waals surface area contributed by atoms with Crippen molar-refractivity contribution in [3.8, 4) is 5.75 Å². The van der Waals surface area contributed by atoms with Crippen LogP contribution in [0.5, 0.6) is 5.75 Å². The molecule has 2 amide bonds. The molecule has 2 aromatic rings. The molecule has 0 saturated heterocycles. The van der Waals surface area contributed by atoms with Crippen molar-refractivity contribution >= 4 is 11.7 Å². The van der Waals surface area contributed by atoms with Crippen molar-refractivity contribution in [2.24, 2.45) is 0 Å². The highest BCUT2D eigenvalue weighted by Gasteiger charge is 2.06. The Morgan fingerprint density at radius 1 is 1.00 bits per heavy atom. The zero-order chi connectivity index (χ0) is 17.7. The monoisotopic (exact) mass is 334 g/mol. The van der Waals surface area contributed by atoms with E-state index in [4.69, 9.17) is 4.74 Å². The Labute approximate surface area is 139 Å². The third kappa shape index (κ3) is 4.68. The average molecular weight is 334 g/mol. The number of aryl methyl sites for hydroxylation is 3. The summed E-state index contributed by atoms with van der Waals surface area (Å²) in [6.45, 7) is 6.59. The topological polar surface area (TPSA) is 50.4 Å². The molecular weight excluding hydrogens is 314 g/mol. The van der Waals surface area contributed by atoms with Crippen LogP contribution in [0.15, 0.2) is 30.3 Å². The van der Waals surface area contributed by atoms with Gasteiger partial charge in [0, 0.05) is 11.8 Å². The molecule has 6 heteroatoms. The molecule has 0 heterocycles. The van der Waals surface area contributed by atoms with Gasteiger partial charge in [-0.25, -0.2) is 13.6 Å². The number of urea groups is 1. The molecule has 0 spiro atoms. The number of halogens is 2. The first-order chi connectivity index (χ1) is 11.4. The molecule has 24 heavy (non-hydrogen) atoms. The van der Waals surface area contributed by atoms with Crippen LogP contribution in [0.2, 0.25) is 0 Å². The molecule has 0 unspecified atom stereocenters. The van der Waals surface area contributed by atoms with Crippen molar-refractivity contribution in [2.75, 3.05) is 18.5 Å². The van der Waals surface area contributed by atoms with Crippen LogP contribution in [-0.2, 0) is 0 Å². The van der Waals surface area contributed by atoms with Crippen molar-refractivity contribution < 1.29 is 18.3 Å². The van der Waals surface area contributed by atoms with E-state index in [1.165, 1.54) is 11.6 Å². The van der Waals surface area contributed by atoms with Crippen molar-refractivity contribution in [1.29, 1.82) is 0 Å². The lowest BCUT2D eigenvalue weighted by atomic mass is 10.1. The zero-order valence-electron chi connectivity index (χ0n) is 13.9. The Balaban J connectivity index is 1.78. The van der Waals surface area contributed by atoms with Gasteiger partial charge in [0.05, 0.1) is 6.54 Å². The first-order valence-corrected chi connectivity index (χ1v) is 7.57. The first-order valence-electron chi connectivity index (χ1n) is 7.57. The fourth-order valence-electron chi connectivity index (χ4n) is 2.16. The van der Waals surface area contributed by atoms with Crippen LogP contribution in [0.3, 0.4) is 0 Å². The highest BCUT2D eigenvalue weighted by atomic mass is 19.2. The van der Waals surface area contributed by atoms with Gasteiger partial charge in [0.2, 0.25) is 0 Å². The first kappa shape index (κ1) is 17.7. The molecule has 0 aromatic heterocycles. The van der Waals surface area contributed by atoms with Crippen LogP contribution >= 0.6 is 0 Å². The maximum atomic E-state index is 13.1. The molecule has 4 nitrogen and oxygen atoms in total. The normalized spacial score (nSPS) is 10.4. The minimum absolute atomic E-state index is 0.178. The molecule has 0 atom stereocenters. The van der Waals surface area contributed by atoms with E-state index in [0.717, 1.165) is 29.0 Å². The number of hydrogen-bond acceptors (Lipinski definition) is 2. The minimum atomic E-state index is -1.01. The molecule has 0 aliphatic heterocycles. The maximum Gasteiger partial charge on any atom is 0.319 e. The lowest BCUT2D eigenvalue weighted by Gasteiger charge is -2.12. The number of rotatable bonds is 5. The summed E-state index contributed by atoms with van der Waals surface area (Å²) in [4.78, 5) is 11.7. The Kier molecular flexibility index (Phi) is 5.73. The van der Waals surface area contributed by atoms with Gasteiger partial charge in [-0.3, -0.25) is 0 Å². The summed E-state index contributed by atoms with van der Waals surface area (Å²) in [5.74, 6) is -1.19. The van der Waals surface area contributed by atoms with Crippen LogP contribution in [0.4, 0.5) is 19.3 Å². The fourth-order valence-corrected chi connectivity index (χ4v) is 2.16. The number of carbonyl (C=O) groups is 1. The molecule has 0 saturated carbocycles. The summed E-state index contributed by atoms with van der Waals surface area (Å²) >= 11 is 0. The van der Waals surface area contributed by atoms with Crippen molar-refractivity contribution in [2.45, 2.75) is 20.8 Å².